The molecular weight excluding hydrogens is 316 g/mol. The molecule has 0 aliphatic carbocycles. The third kappa shape index (κ3) is 2.10. The molecule has 4 aromatic heterocycles. The number of nitrogens with zero attached hydrogens (tertiary/aromatic N) is 7. The highest BCUT2D eigenvalue weighted by molar-refractivity contribution is 7.99. The monoisotopic (exact) mass is 328 g/mol. The molecule has 9 nitrogen and oxygen atoms in total. The summed E-state index contributed by atoms with van der Waals surface area (Å²) in [5.41, 5.74) is 1.03. The van der Waals surface area contributed by atoms with Gasteiger partial charge in [-0.15, -0.1) is 5.10 Å². The number of fused-ring (bicyclic) bond motifs is 3. The number of aromatic amines is 1. The molecule has 0 fully saturated rings. The Hall–Kier alpha value is -2.75. The van der Waals surface area contributed by atoms with Crippen molar-refractivity contribution in [2.45, 2.75) is 19.0 Å². The van der Waals surface area contributed by atoms with Crippen LogP contribution < -0.4 is 5.56 Å². The Balaban J connectivity index is 1.98. The number of aromatic nitrogens is 8. The number of nitrogens with one attached hydrogen (secondary N) is 1. The largest absolute Gasteiger partial charge is 0.268 e. The van der Waals surface area contributed by atoms with Crippen molar-refractivity contribution < 1.29 is 0 Å². The first-order valence-electron chi connectivity index (χ1n) is 6.96. The lowest BCUT2D eigenvalue weighted by Crippen LogP contribution is -2.21. The Kier molecular flexibility index (Phi) is 3.11. The standard InChI is InChI=1S/C13H12N8OS/c1-3-23-13-17-12(18-19-13)20-5-4-8-9(10(20)22)7(2)16-11-14-6-15-21(8)11/h4-6H,3H2,1-2H3,(H,17,18,19). The Morgan fingerprint density at radius 2 is 2.22 bits per heavy atom. The van der Waals surface area contributed by atoms with Crippen LogP contribution in [0.2, 0.25) is 0 Å². The summed E-state index contributed by atoms with van der Waals surface area (Å²) in [6.07, 6.45) is 3.06. The van der Waals surface area contributed by atoms with Crippen molar-refractivity contribution in [3.8, 4) is 5.95 Å². The zero-order valence-corrected chi connectivity index (χ0v) is 13.2. The lowest BCUT2D eigenvalue weighted by molar-refractivity contribution is 0.891. The maximum absolute atomic E-state index is 12.8. The van der Waals surface area contributed by atoms with Crippen LogP contribution in [-0.2, 0) is 0 Å². The van der Waals surface area contributed by atoms with Crippen molar-refractivity contribution in [3.05, 3.63) is 34.6 Å². The molecule has 0 amide bonds. The van der Waals surface area contributed by atoms with Crippen LogP contribution in [0.4, 0.5) is 0 Å². The first-order chi connectivity index (χ1) is 11.2. The molecule has 4 heterocycles. The predicted molar refractivity (Wildman–Crippen MR) is 85.0 cm³/mol. The molecule has 1 N–H and O–H groups in total. The summed E-state index contributed by atoms with van der Waals surface area (Å²) < 4.78 is 2.97. The zero-order valence-electron chi connectivity index (χ0n) is 12.4. The van der Waals surface area contributed by atoms with Gasteiger partial charge in [-0.1, -0.05) is 18.7 Å². The molecule has 0 radical (unpaired) electrons. The average Bonchev–Trinajstić information content (AvgIpc) is 3.17. The van der Waals surface area contributed by atoms with Crippen molar-refractivity contribution in [2.24, 2.45) is 0 Å². The summed E-state index contributed by atoms with van der Waals surface area (Å²) in [5.74, 6) is 1.71. The third-order valence-corrected chi connectivity index (χ3v) is 4.14. The van der Waals surface area contributed by atoms with Gasteiger partial charge in [-0.2, -0.15) is 19.6 Å². The van der Waals surface area contributed by atoms with Gasteiger partial charge in [0.1, 0.15) is 6.33 Å². The van der Waals surface area contributed by atoms with Gasteiger partial charge in [-0.05, 0) is 18.7 Å². The van der Waals surface area contributed by atoms with Gasteiger partial charge in [0.15, 0.2) is 0 Å². The van der Waals surface area contributed by atoms with E-state index in [-0.39, 0.29) is 5.56 Å². The molecule has 4 aromatic rings. The number of thioether (sulfide) groups is 1. The first-order valence-corrected chi connectivity index (χ1v) is 7.95. The SMILES string of the molecule is CCSc1n[nH]c(-n2ccc3c(c(C)nc4ncnn43)c2=O)n1. The predicted octanol–water partition coefficient (Wildman–Crippen LogP) is 0.967. The van der Waals surface area contributed by atoms with Gasteiger partial charge >= 0.3 is 0 Å². The summed E-state index contributed by atoms with van der Waals surface area (Å²) in [5, 5.41) is 12.1. The highest BCUT2D eigenvalue weighted by Gasteiger charge is 2.14. The highest BCUT2D eigenvalue weighted by atomic mass is 32.2. The van der Waals surface area contributed by atoms with Gasteiger partial charge in [0.2, 0.25) is 11.1 Å². The second-order valence-electron chi connectivity index (χ2n) is 4.79. The van der Waals surface area contributed by atoms with Gasteiger partial charge in [-0.3, -0.25) is 9.36 Å². The maximum atomic E-state index is 12.8. The molecule has 0 aromatic carbocycles. The van der Waals surface area contributed by atoms with Crippen LogP contribution in [0.1, 0.15) is 12.6 Å². The average molecular weight is 328 g/mol. The lowest BCUT2D eigenvalue weighted by Gasteiger charge is -2.06. The van der Waals surface area contributed by atoms with Crippen molar-refractivity contribution in [1.82, 2.24) is 39.3 Å². The summed E-state index contributed by atoms with van der Waals surface area (Å²) in [4.78, 5) is 25.6. The fourth-order valence-electron chi connectivity index (χ4n) is 2.44. The number of pyridine rings is 1. The zero-order chi connectivity index (χ0) is 16.0. The minimum Gasteiger partial charge on any atom is -0.268 e. The van der Waals surface area contributed by atoms with Crippen LogP contribution in [0.5, 0.6) is 0 Å². The van der Waals surface area contributed by atoms with Crippen LogP contribution >= 0.6 is 11.8 Å². The van der Waals surface area contributed by atoms with Gasteiger partial charge < -0.3 is 0 Å². The maximum Gasteiger partial charge on any atom is 0.268 e. The smallest absolute Gasteiger partial charge is 0.268 e. The van der Waals surface area contributed by atoms with E-state index >= 15 is 0 Å². The van der Waals surface area contributed by atoms with E-state index in [4.69, 9.17) is 0 Å². The van der Waals surface area contributed by atoms with Crippen molar-refractivity contribution in [1.29, 1.82) is 0 Å². The van der Waals surface area contributed by atoms with Gasteiger partial charge in [-0.25, -0.2) is 10.1 Å². The Labute approximate surface area is 133 Å². The number of H-pyrrole nitrogens is 1. The summed E-state index contributed by atoms with van der Waals surface area (Å²) in [6, 6.07) is 1.79. The molecular formula is C13H12N8OS. The molecule has 23 heavy (non-hydrogen) atoms. The first kappa shape index (κ1) is 13.9. The van der Waals surface area contributed by atoms with Crippen LogP contribution in [0, 0.1) is 6.92 Å². The van der Waals surface area contributed by atoms with Gasteiger partial charge in [0.25, 0.3) is 11.3 Å². The summed E-state index contributed by atoms with van der Waals surface area (Å²) in [7, 11) is 0. The molecule has 0 saturated heterocycles. The van der Waals surface area contributed by atoms with Crippen LogP contribution in [-0.4, -0.2) is 45.1 Å². The Morgan fingerprint density at radius 1 is 1.35 bits per heavy atom. The lowest BCUT2D eigenvalue weighted by atomic mass is 10.2. The summed E-state index contributed by atoms with van der Waals surface area (Å²) in [6.45, 7) is 3.79. The van der Waals surface area contributed by atoms with Crippen molar-refractivity contribution >= 4 is 28.4 Å². The highest BCUT2D eigenvalue weighted by Crippen LogP contribution is 2.16. The Morgan fingerprint density at radius 3 is 3.04 bits per heavy atom. The number of hydrogen-bond donors (Lipinski definition) is 1. The molecule has 10 heteroatoms. The Bertz CT molecular complexity index is 1080. The van der Waals surface area contributed by atoms with E-state index in [2.05, 4.69) is 30.2 Å². The second kappa shape index (κ2) is 5.16. The molecule has 116 valence electrons. The topological polar surface area (TPSA) is 107 Å². The molecule has 0 saturated carbocycles. The normalized spacial score (nSPS) is 11.6. The van der Waals surface area contributed by atoms with E-state index in [9.17, 15) is 4.79 Å². The van der Waals surface area contributed by atoms with Gasteiger partial charge in [0.05, 0.1) is 16.6 Å². The quantitative estimate of drug-likeness (QED) is 0.558. The molecule has 0 atom stereocenters. The van der Waals surface area contributed by atoms with Crippen LogP contribution in [0.15, 0.2) is 28.5 Å². The van der Waals surface area contributed by atoms with Crippen LogP contribution in [0.3, 0.4) is 0 Å². The van der Waals surface area contributed by atoms with Gasteiger partial charge in [0, 0.05) is 6.20 Å². The molecule has 0 unspecified atom stereocenters. The minimum atomic E-state index is -0.228. The van der Waals surface area contributed by atoms with Crippen molar-refractivity contribution in [2.75, 3.05) is 5.75 Å². The molecule has 0 aliphatic rings. The molecule has 0 aliphatic heterocycles. The third-order valence-electron chi connectivity index (χ3n) is 3.41. The van der Waals surface area contributed by atoms with E-state index in [1.54, 1.807) is 23.7 Å². The van der Waals surface area contributed by atoms with E-state index < -0.39 is 0 Å². The van der Waals surface area contributed by atoms with E-state index in [0.717, 1.165) is 5.75 Å². The minimum absolute atomic E-state index is 0.228. The molecule has 4 rings (SSSR count). The number of hydrogen-bond acceptors (Lipinski definition) is 7. The van der Waals surface area contributed by atoms with E-state index in [1.165, 1.54) is 22.7 Å². The van der Waals surface area contributed by atoms with E-state index in [1.807, 2.05) is 6.92 Å². The number of rotatable bonds is 3. The van der Waals surface area contributed by atoms with E-state index in [0.29, 0.717) is 33.5 Å². The number of aryl methyl sites for hydroxylation is 1. The second-order valence-corrected chi connectivity index (χ2v) is 6.03. The van der Waals surface area contributed by atoms with Crippen LogP contribution in [0.25, 0.3) is 22.6 Å². The molecule has 0 spiro atoms. The molecule has 0 bridgehead atoms. The summed E-state index contributed by atoms with van der Waals surface area (Å²) >= 11 is 1.50. The fourth-order valence-corrected chi connectivity index (χ4v) is 2.96. The van der Waals surface area contributed by atoms with Crippen molar-refractivity contribution in [3.63, 3.8) is 0 Å². The fraction of sp³-hybridized carbons (Fsp3) is 0.231.